The summed E-state index contributed by atoms with van der Waals surface area (Å²) in [5, 5.41) is 0.540. The minimum atomic E-state index is -0.408. The van der Waals surface area contributed by atoms with Crippen molar-refractivity contribution >= 4 is 16.8 Å². The van der Waals surface area contributed by atoms with Gasteiger partial charge in [-0.15, -0.1) is 0 Å². The van der Waals surface area contributed by atoms with Gasteiger partial charge in [0.2, 0.25) is 5.91 Å². The smallest absolute Gasteiger partial charge is 0.266 e. The van der Waals surface area contributed by atoms with Crippen molar-refractivity contribution < 1.29 is 9.53 Å². The molecule has 0 aliphatic heterocycles. The molecule has 1 atom stereocenters. The highest BCUT2D eigenvalue weighted by Crippen LogP contribution is 2.26. The summed E-state index contributed by atoms with van der Waals surface area (Å²) >= 11 is 0. The quantitative estimate of drug-likeness (QED) is 0.271. The molecule has 6 nitrogen and oxygen atoms in total. The standard InChI is InChI=1S/C31H35N3O3/c1-5-37-26-18-16-25(17-19-26)34-30(32-28-14-10-9-13-27(28)31(34)36)23(4)33(21-22(2)3)29(35)20-15-24-11-7-6-8-12-24/h6-14,16-19,22-23H,5,15,20-21H2,1-4H3. The number of fused-ring (bicyclic) bond motifs is 1. The van der Waals surface area contributed by atoms with E-state index in [0.29, 0.717) is 48.4 Å². The lowest BCUT2D eigenvalue weighted by Crippen LogP contribution is -2.39. The van der Waals surface area contributed by atoms with Crippen molar-refractivity contribution in [3.8, 4) is 11.4 Å². The van der Waals surface area contributed by atoms with Gasteiger partial charge in [0.15, 0.2) is 0 Å². The number of carbonyl (C=O) groups is 1. The predicted molar refractivity (Wildman–Crippen MR) is 148 cm³/mol. The maximum Gasteiger partial charge on any atom is 0.266 e. The highest BCUT2D eigenvalue weighted by molar-refractivity contribution is 5.79. The zero-order chi connectivity index (χ0) is 26.4. The number of benzene rings is 3. The molecule has 1 unspecified atom stereocenters. The van der Waals surface area contributed by atoms with Crippen molar-refractivity contribution in [2.75, 3.05) is 13.2 Å². The van der Waals surface area contributed by atoms with Gasteiger partial charge in [-0.2, -0.15) is 0 Å². The third kappa shape index (κ3) is 6.08. The van der Waals surface area contributed by atoms with Gasteiger partial charge < -0.3 is 9.64 Å². The van der Waals surface area contributed by atoms with Crippen LogP contribution in [0.25, 0.3) is 16.6 Å². The summed E-state index contributed by atoms with van der Waals surface area (Å²) in [6.45, 7) is 9.22. The molecule has 1 aromatic heterocycles. The van der Waals surface area contributed by atoms with Crippen LogP contribution in [0.1, 0.15) is 51.5 Å². The van der Waals surface area contributed by atoms with Gasteiger partial charge in [-0.3, -0.25) is 14.2 Å². The molecule has 0 spiro atoms. The van der Waals surface area contributed by atoms with Gasteiger partial charge >= 0.3 is 0 Å². The normalized spacial score (nSPS) is 12.0. The van der Waals surface area contributed by atoms with Gasteiger partial charge in [0.1, 0.15) is 11.6 Å². The summed E-state index contributed by atoms with van der Waals surface area (Å²) < 4.78 is 7.24. The molecule has 4 rings (SSSR count). The van der Waals surface area contributed by atoms with E-state index in [1.807, 2.05) is 91.5 Å². The van der Waals surface area contributed by atoms with Crippen LogP contribution in [0.15, 0.2) is 83.7 Å². The Morgan fingerprint density at radius 1 is 0.946 bits per heavy atom. The minimum Gasteiger partial charge on any atom is -0.494 e. The van der Waals surface area contributed by atoms with Gasteiger partial charge in [-0.05, 0) is 68.1 Å². The van der Waals surface area contributed by atoms with Crippen molar-refractivity contribution in [2.45, 2.75) is 46.6 Å². The number of nitrogens with zero attached hydrogens (tertiary/aromatic N) is 3. The Labute approximate surface area is 218 Å². The van der Waals surface area contributed by atoms with Gasteiger partial charge in [0.05, 0.1) is 29.2 Å². The van der Waals surface area contributed by atoms with E-state index in [1.54, 1.807) is 10.6 Å². The summed E-state index contributed by atoms with van der Waals surface area (Å²) in [6.07, 6.45) is 1.06. The fraction of sp³-hybridized carbons (Fsp3) is 0.323. The molecule has 0 fully saturated rings. The van der Waals surface area contributed by atoms with Crippen molar-refractivity contribution in [1.82, 2.24) is 14.5 Å². The SMILES string of the molecule is CCOc1ccc(-n2c(C(C)N(CC(C)C)C(=O)CCc3ccccc3)nc3ccccc3c2=O)cc1. The molecule has 0 radical (unpaired) electrons. The maximum atomic E-state index is 13.8. The third-order valence-electron chi connectivity index (χ3n) is 6.40. The molecule has 0 N–H and O–H groups in total. The number of aromatic nitrogens is 2. The number of carbonyl (C=O) groups excluding carboxylic acids is 1. The molecule has 0 bridgehead atoms. The summed E-state index contributed by atoms with van der Waals surface area (Å²) in [7, 11) is 0. The molecule has 192 valence electrons. The average molecular weight is 498 g/mol. The fourth-order valence-electron chi connectivity index (χ4n) is 4.59. The van der Waals surface area contributed by atoms with E-state index in [4.69, 9.17) is 9.72 Å². The van der Waals surface area contributed by atoms with E-state index in [0.717, 1.165) is 11.3 Å². The van der Waals surface area contributed by atoms with Crippen LogP contribution in [0.5, 0.6) is 5.75 Å². The largest absolute Gasteiger partial charge is 0.494 e. The van der Waals surface area contributed by atoms with Crippen molar-refractivity contribution in [1.29, 1.82) is 0 Å². The molecule has 0 saturated heterocycles. The number of aryl methyl sites for hydroxylation is 1. The Morgan fingerprint density at radius 3 is 2.30 bits per heavy atom. The molecule has 1 amide bonds. The second-order valence-corrected chi connectivity index (χ2v) is 9.66. The van der Waals surface area contributed by atoms with E-state index in [1.165, 1.54) is 0 Å². The van der Waals surface area contributed by atoms with E-state index in [9.17, 15) is 9.59 Å². The first-order valence-electron chi connectivity index (χ1n) is 13.0. The Balaban J connectivity index is 1.77. The molecule has 37 heavy (non-hydrogen) atoms. The number of amides is 1. The van der Waals surface area contributed by atoms with Crippen LogP contribution in [0.2, 0.25) is 0 Å². The lowest BCUT2D eigenvalue weighted by atomic mass is 10.1. The summed E-state index contributed by atoms with van der Waals surface area (Å²) in [6, 6.07) is 24.4. The van der Waals surface area contributed by atoms with Crippen molar-refractivity contribution in [2.24, 2.45) is 5.92 Å². The van der Waals surface area contributed by atoms with Crippen LogP contribution in [0, 0.1) is 5.92 Å². The van der Waals surface area contributed by atoms with Gasteiger partial charge in [0, 0.05) is 13.0 Å². The molecule has 0 saturated carbocycles. The van der Waals surface area contributed by atoms with Gasteiger partial charge in [-0.25, -0.2) is 4.98 Å². The Morgan fingerprint density at radius 2 is 1.62 bits per heavy atom. The second-order valence-electron chi connectivity index (χ2n) is 9.66. The number of hydrogen-bond donors (Lipinski definition) is 0. The zero-order valence-corrected chi connectivity index (χ0v) is 22.1. The van der Waals surface area contributed by atoms with Gasteiger partial charge in [0.25, 0.3) is 5.56 Å². The highest BCUT2D eigenvalue weighted by Gasteiger charge is 2.27. The van der Waals surface area contributed by atoms with Crippen LogP contribution >= 0.6 is 0 Å². The Bertz CT molecular complexity index is 1400. The van der Waals surface area contributed by atoms with E-state index in [2.05, 4.69) is 13.8 Å². The van der Waals surface area contributed by atoms with Crippen LogP contribution in [-0.4, -0.2) is 33.5 Å². The minimum absolute atomic E-state index is 0.0469. The molecule has 6 heteroatoms. The Kier molecular flexibility index (Phi) is 8.39. The van der Waals surface area contributed by atoms with Crippen LogP contribution < -0.4 is 10.3 Å². The summed E-state index contributed by atoms with van der Waals surface area (Å²) in [5.41, 5.74) is 2.29. The number of rotatable bonds is 10. The first kappa shape index (κ1) is 26.1. The molecule has 4 aromatic rings. The summed E-state index contributed by atoms with van der Waals surface area (Å²) in [4.78, 5) is 34.2. The topological polar surface area (TPSA) is 64.4 Å². The van der Waals surface area contributed by atoms with E-state index in [-0.39, 0.29) is 17.4 Å². The summed E-state index contributed by atoms with van der Waals surface area (Å²) in [5.74, 6) is 1.58. The molecule has 1 heterocycles. The van der Waals surface area contributed by atoms with E-state index >= 15 is 0 Å². The van der Waals surface area contributed by atoms with Gasteiger partial charge in [-0.1, -0.05) is 56.3 Å². The lowest BCUT2D eigenvalue weighted by molar-refractivity contribution is -0.134. The second kappa shape index (κ2) is 11.9. The van der Waals surface area contributed by atoms with Crippen LogP contribution in [0.3, 0.4) is 0 Å². The maximum absolute atomic E-state index is 13.8. The molecular weight excluding hydrogens is 462 g/mol. The molecular formula is C31H35N3O3. The first-order chi connectivity index (χ1) is 17.9. The van der Waals surface area contributed by atoms with Crippen LogP contribution in [0.4, 0.5) is 0 Å². The molecule has 0 aliphatic carbocycles. The molecule has 3 aromatic carbocycles. The molecule has 0 aliphatic rings. The van der Waals surface area contributed by atoms with Crippen molar-refractivity contribution in [3.05, 3.63) is 101 Å². The number of ether oxygens (including phenoxy) is 1. The predicted octanol–water partition coefficient (Wildman–Crippen LogP) is 5.96. The fourth-order valence-corrected chi connectivity index (χ4v) is 4.59. The highest BCUT2D eigenvalue weighted by atomic mass is 16.5. The third-order valence-corrected chi connectivity index (χ3v) is 6.40. The Hall–Kier alpha value is -3.93. The monoisotopic (exact) mass is 497 g/mol. The number of para-hydroxylation sites is 1. The van der Waals surface area contributed by atoms with Crippen molar-refractivity contribution in [3.63, 3.8) is 0 Å². The average Bonchev–Trinajstić information content (AvgIpc) is 2.91. The van der Waals surface area contributed by atoms with E-state index < -0.39 is 6.04 Å². The van der Waals surface area contributed by atoms with Crippen LogP contribution in [-0.2, 0) is 11.2 Å². The number of hydrogen-bond acceptors (Lipinski definition) is 4. The first-order valence-corrected chi connectivity index (χ1v) is 13.0. The zero-order valence-electron chi connectivity index (χ0n) is 22.1. The lowest BCUT2D eigenvalue weighted by Gasteiger charge is -2.32.